The van der Waals surface area contributed by atoms with Gasteiger partial charge in [0.2, 0.25) is 5.12 Å². The highest BCUT2D eigenvalue weighted by Gasteiger charge is 2.27. The molecule has 0 aromatic heterocycles. The van der Waals surface area contributed by atoms with Gasteiger partial charge in [0.25, 0.3) is 0 Å². The summed E-state index contributed by atoms with van der Waals surface area (Å²) in [5, 5.41) is 16.4. The lowest BCUT2D eigenvalue weighted by Crippen LogP contribution is -2.38. The Balaban J connectivity index is 3.82. The zero-order valence-corrected chi connectivity index (χ0v) is 8.91. The van der Waals surface area contributed by atoms with Crippen LogP contribution in [0.25, 0.3) is 0 Å². The fourth-order valence-corrected chi connectivity index (χ4v) is 2.23. The van der Waals surface area contributed by atoms with Crippen molar-refractivity contribution in [1.29, 1.82) is 0 Å². The molecule has 70 valence electrons. The van der Waals surface area contributed by atoms with E-state index in [0.29, 0.717) is 6.54 Å². The van der Waals surface area contributed by atoms with Gasteiger partial charge in [-0.2, -0.15) is 0 Å². The number of rotatable bonds is 5. The number of aliphatic hydroxyl groups is 2. The van der Waals surface area contributed by atoms with Gasteiger partial charge in [0.05, 0.1) is 6.54 Å². The molecule has 12 heavy (non-hydrogen) atoms. The minimum absolute atomic E-state index is 0.170. The van der Waals surface area contributed by atoms with Gasteiger partial charge in [0.1, 0.15) is 15.7 Å². The summed E-state index contributed by atoms with van der Waals surface area (Å²) in [6.45, 7) is 0.288. The molecule has 8 heteroatoms. The van der Waals surface area contributed by atoms with Gasteiger partial charge in [-0.3, -0.25) is 0 Å². The number of hydrogen-bond donors (Lipinski definition) is 4. The Kier molecular flexibility index (Phi) is 5.05. The summed E-state index contributed by atoms with van der Waals surface area (Å²) in [5.74, 6) is 0. The molecule has 0 radical (unpaired) electrons. The summed E-state index contributed by atoms with van der Waals surface area (Å²) in [4.78, 5) is 0. The molecular weight excluding hydrogens is 194 g/mol. The second-order valence-electron chi connectivity index (χ2n) is 3.08. The highest BCUT2D eigenvalue weighted by atomic mass is 33.1. The van der Waals surface area contributed by atoms with Crippen LogP contribution in [-0.4, -0.2) is 48.7 Å². The molecule has 4 nitrogen and oxygen atoms in total. The summed E-state index contributed by atoms with van der Waals surface area (Å²) in [6.07, 6.45) is 0. The topological polar surface area (TPSA) is 92.5 Å². The second kappa shape index (κ2) is 4.78. The molecule has 6 N–H and O–H groups in total. The molecule has 0 atom stereocenters. The van der Waals surface area contributed by atoms with E-state index < -0.39 is 5.12 Å². The molecule has 0 aliphatic rings. The SMILES string of the molecule is BC(B)(CN)SSC(O)(O)CN. The van der Waals surface area contributed by atoms with E-state index in [1.54, 1.807) is 0 Å². The van der Waals surface area contributed by atoms with Crippen LogP contribution in [0.3, 0.4) is 0 Å². The molecule has 0 aliphatic carbocycles. The van der Waals surface area contributed by atoms with Crippen molar-refractivity contribution >= 4 is 37.3 Å². The largest absolute Gasteiger partial charge is 0.356 e. The van der Waals surface area contributed by atoms with E-state index in [2.05, 4.69) is 0 Å². The van der Waals surface area contributed by atoms with Gasteiger partial charge in [-0.05, 0) is 21.9 Å². The highest BCUT2D eigenvalue weighted by molar-refractivity contribution is 8.78. The van der Waals surface area contributed by atoms with Crippen LogP contribution >= 0.6 is 21.6 Å². The highest BCUT2D eigenvalue weighted by Crippen LogP contribution is 2.37. The molecular formula is C4H14B2N2O2S2. The molecule has 0 unspecified atom stereocenters. The summed E-state index contributed by atoms with van der Waals surface area (Å²) in [7, 11) is 6.11. The Morgan fingerprint density at radius 3 is 1.92 bits per heavy atom. The summed E-state index contributed by atoms with van der Waals surface area (Å²) < 4.78 is -0.170. The summed E-state index contributed by atoms with van der Waals surface area (Å²) in [5.41, 5.74) is 10.6. The normalized spacial score (nSPS) is 13.3. The van der Waals surface area contributed by atoms with Crippen molar-refractivity contribution in [1.82, 2.24) is 0 Å². The van der Waals surface area contributed by atoms with Crippen molar-refractivity contribution in [2.75, 3.05) is 13.1 Å². The Labute approximate surface area is 82.1 Å². The minimum Gasteiger partial charge on any atom is -0.356 e. The molecule has 0 aromatic rings. The first-order valence-electron chi connectivity index (χ1n) is 3.55. The quantitative estimate of drug-likeness (QED) is 0.216. The van der Waals surface area contributed by atoms with Crippen LogP contribution in [0.4, 0.5) is 0 Å². The smallest absolute Gasteiger partial charge is 0.235 e. The maximum Gasteiger partial charge on any atom is 0.235 e. The monoisotopic (exact) mass is 208 g/mol. The zero-order valence-electron chi connectivity index (χ0n) is 7.28. The van der Waals surface area contributed by atoms with Gasteiger partial charge in [-0.25, -0.2) is 0 Å². The lowest BCUT2D eigenvalue weighted by atomic mass is 9.70. The third-order valence-corrected chi connectivity index (χ3v) is 4.70. The Morgan fingerprint density at radius 2 is 1.58 bits per heavy atom. The fourth-order valence-electron chi connectivity index (χ4n) is 0.248. The standard InChI is InChI=1S/C4H14B2N2O2S2/c5-3(6,1-7)11-12-4(9,10)2-8/h9-10H,1-2,5-8H2. The maximum absolute atomic E-state index is 9.11. The van der Waals surface area contributed by atoms with E-state index in [4.69, 9.17) is 21.7 Å². The zero-order chi connectivity index (χ0) is 9.83. The van der Waals surface area contributed by atoms with Crippen LogP contribution < -0.4 is 11.5 Å². The van der Waals surface area contributed by atoms with Crippen LogP contribution in [0.5, 0.6) is 0 Å². The summed E-state index contributed by atoms with van der Waals surface area (Å²) >= 11 is 0. The Morgan fingerprint density at radius 1 is 1.08 bits per heavy atom. The van der Waals surface area contributed by atoms with Crippen molar-refractivity contribution in [3.05, 3.63) is 0 Å². The Bertz CT molecular complexity index is 131. The van der Waals surface area contributed by atoms with Crippen molar-refractivity contribution in [2.45, 2.75) is 9.66 Å². The van der Waals surface area contributed by atoms with Crippen LogP contribution in [0.2, 0.25) is 0 Å². The summed E-state index contributed by atoms with van der Waals surface area (Å²) in [6, 6.07) is 0. The van der Waals surface area contributed by atoms with Gasteiger partial charge in [0, 0.05) is 0 Å². The third kappa shape index (κ3) is 5.34. The lowest BCUT2D eigenvalue weighted by Gasteiger charge is -2.25. The van der Waals surface area contributed by atoms with E-state index in [1.165, 1.54) is 10.8 Å². The fraction of sp³-hybridized carbons (Fsp3) is 1.00. The molecule has 0 saturated heterocycles. The Hall–Kier alpha value is 0.670. The van der Waals surface area contributed by atoms with Crippen molar-refractivity contribution < 1.29 is 10.2 Å². The van der Waals surface area contributed by atoms with Crippen molar-refractivity contribution in [3.8, 4) is 0 Å². The van der Waals surface area contributed by atoms with Crippen LogP contribution in [-0.2, 0) is 0 Å². The molecule has 0 fully saturated rings. The maximum atomic E-state index is 9.11. The molecule has 0 amide bonds. The van der Waals surface area contributed by atoms with Crippen LogP contribution in [0.1, 0.15) is 0 Å². The molecule has 0 aromatic carbocycles. The average molecular weight is 208 g/mol. The van der Waals surface area contributed by atoms with Crippen LogP contribution in [0, 0.1) is 0 Å². The number of hydrogen-bond acceptors (Lipinski definition) is 6. The van der Waals surface area contributed by atoms with Gasteiger partial charge in [0.15, 0.2) is 0 Å². The first-order chi connectivity index (χ1) is 5.33. The predicted molar refractivity (Wildman–Crippen MR) is 60.3 cm³/mol. The van der Waals surface area contributed by atoms with E-state index in [1.807, 2.05) is 15.7 Å². The van der Waals surface area contributed by atoms with Crippen molar-refractivity contribution in [3.63, 3.8) is 0 Å². The van der Waals surface area contributed by atoms with E-state index >= 15 is 0 Å². The molecule has 0 saturated carbocycles. The molecule has 0 aliphatic heterocycles. The molecule has 0 rings (SSSR count). The first kappa shape index (κ1) is 12.7. The lowest BCUT2D eigenvalue weighted by molar-refractivity contribution is -0.0654. The third-order valence-electron chi connectivity index (χ3n) is 1.16. The molecule has 0 heterocycles. The van der Waals surface area contributed by atoms with Gasteiger partial charge in [-0.15, -0.1) is 0 Å². The molecule has 0 bridgehead atoms. The van der Waals surface area contributed by atoms with Gasteiger partial charge < -0.3 is 21.7 Å². The van der Waals surface area contributed by atoms with Crippen molar-refractivity contribution in [2.24, 2.45) is 11.5 Å². The average Bonchev–Trinajstić information content (AvgIpc) is 2.02. The predicted octanol–water partition coefficient (Wildman–Crippen LogP) is -3.16. The molecule has 0 spiro atoms. The van der Waals surface area contributed by atoms with E-state index in [0.717, 1.165) is 10.8 Å². The van der Waals surface area contributed by atoms with Crippen LogP contribution in [0.15, 0.2) is 0 Å². The minimum atomic E-state index is -1.85. The van der Waals surface area contributed by atoms with E-state index in [-0.39, 0.29) is 11.1 Å². The van der Waals surface area contributed by atoms with E-state index in [9.17, 15) is 0 Å². The number of nitrogens with two attached hydrogens (primary N) is 2. The second-order valence-corrected chi connectivity index (χ2v) is 6.17. The first-order valence-corrected chi connectivity index (χ1v) is 5.70. The van der Waals surface area contributed by atoms with Gasteiger partial charge >= 0.3 is 0 Å². The van der Waals surface area contributed by atoms with Gasteiger partial charge in [-0.1, -0.05) is 10.8 Å².